The average Bonchev–Trinajstić information content (AvgIpc) is 3.16. The fourth-order valence-corrected chi connectivity index (χ4v) is 1.81. The van der Waals surface area contributed by atoms with Crippen LogP contribution in [0.15, 0.2) is 18.2 Å². The minimum absolute atomic E-state index is 0.0972. The summed E-state index contributed by atoms with van der Waals surface area (Å²) in [5.41, 5.74) is 6.56. The third kappa shape index (κ3) is 2.73. The molecule has 5 heteroatoms. The maximum Gasteiger partial charge on any atom is 0.251 e. The minimum Gasteiger partial charge on any atom is -0.497 e. The van der Waals surface area contributed by atoms with Gasteiger partial charge in [0.05, 0.1) is 13.7 Å². The summed E-state index contributed by atoms with van der Waals surface area (Å²) in [6.07, 6.45) is 1.92. The Morgan fingerprint density at radius 2 is 2.22 bits per heavy atom. The van der Waals surface area contributed by atoms with Gasteiger partial charge < -0.3 is 20.9 Å². The molecule has 98 valence electrons. The SMILES string of the molecule is COc1cc(N)cc(C(=O)NCC2(CO)CC2)c1. The highest BCUT2D eigenvalue weighted by atomic mass is 16.5. The van der Waals surface area contributed by atoms with Crippen LogP contribution in [0.2, 0.25) is 0 Å². The Morgan fingerprint density at radius 3 is 2.78 bits per heavy atom. The van der Waals surface area contributed by atoms with Crippen LogP contribution in [0.4, 0.5) is 5.69 Å². The van der Waals surface area contributed by atoms with Gasteiger partial charge in [-0.15, -0.1) is 0 Å². The highest BCUT2D eigenvalue weighted by Gasteiger charge is 2.42. The highest BCUT2D eigenvalue weighted by molar-refractivity contribution is 5.95. The third-order valence-corrected chi connectivity index (χ3v) is 3.34. The first kappa shape index (κ1) is 12.7. The Labute approximate surface area is 106 Å². The zero-order chi connectivity index (χ0) is 13.2. The number of amides is 1. The second kappa shape index (κ2) is 4.86. The van der Waals surface area contributed by atoms with E-state index in [1.54, 1.807) is 18.2 Å². The van der Waals surface area contributed by atoms with Crippen molar-refractivity contribution in [2.45, 2.75) is 12.8 Å². The standard InChI is InChI=1S/C13H18N2O3/c1-18-11-5-9(4-10(14)6-11)12(17)15-7-13(8-16)2-3-13/h4-6,16H,2-3,7-8,14H2,1H3,(H,15,17). The average molecular weight is 250 g/mol. The molecule has 0 saturated heterocycles. The van der Waals surface area contributed by atoms with Crippen molar-refractivity contribution in [2.75, 3.05) is 26.0 Å². The van der Waals surface area contributed by atoms with E-state index < -0.39 is 0 Å². The second-order valence-corrected chi connectivity index (χ2v) is 4.84. The van der Waals surface area contributed by atoms with E-state index in [9.17, 15) is 9.90 Å². The number of nitrogen functional groups attached to an aromatic ring is 1. The largest absolute Gasteiger partial charge is 0.497 e. The Balaban J connectivity index is 2.02. The van der Waals surface area contributed by atoms with Crippen molar-refractivity contribution in [3.63, 3.8) is 0 Å². The topological polar surface area (TPSA) is 84.6 Å². The summed E-state index contributed by atoms with van der Waals surface area (Å²) in [7, 11) is 1.53. The minimum atomic E-state index is -0.194. The van der Waals surface area contributed by atoms with E-state index in [0.29, 0.717) is 23.5 Å². The molecule has 1 aliphatic carbocycles. The molecule has 2 rings (SSSR count). The first-order chi connectivity index (χ1) is 8.58. The van der Waals surface area contributed by atoms with Crippen LogP contribution in [0.5, 0.6) is 5.75 Å². The summed E-state index contributed by atoms with van der Waals surface area (Å²) in [4.78, 5) is 12.0. The van der Waals surface area contributed by atoms with Gasteiger partial charge in [0.1, 0.15) is 5.75 Å². The number of ether oxygens (including phenoxy) is 1. The van der Waals surface area contributed by atoms with E-state index in [0.717, 1.165) is 12.8 Å². The van der Waals surface area contributed by atoms with Gasteiger partial charge >= 0.3 is 0 Å². The number of anilines is 1. The molecule has 1 amide bonds. The predicted molar refractivity (Wildman–Crippen MR) is 68.5 cm³/mol. The van der Waals surface area contributed by atoms with Gasteiger partial charge in [-0.25, -0.2) is 0 Å². The normalized spacial score (nSPS) is 16.1. The van der Waals surface area contributed by atoms with E-state index in [4.69, 9.17) is 10.5 Å². The molecule has 0 spiro atoms. The first-order valence-electron chi connectivity index (χ1n) is 5.92. The Kier molecular flexibility index (Phi) is 3.43. The molecular formula is C13H18N2O3. The molecule has 18 heavy (non-hydrogen) atoms. The summed E-state index contributed by atoms with van der Waals surface area (Å²) < 4.78 is 5.06. The van der Waals surface area contributed by atoms with E-state index in [-0.39, 0.29) is 17.9 Å². The van der Waals surface area contributed by atoms with Gasteiger partial charge in [-0.2, -0.15) is 0 Å². The number of nitrogens with two attached hydrogens (primary N) is 1. The summed E-state index contributed by atoms with van der Waals surface area (Å²) >= 11 is 0. The number of carbonyl (C=O) groups excluding carboxylic acids is 1. The Hall–Kier alpha value is -1.75. The van der Waals surface area contributed by atoms with Crippen molar-refractivity contribution >= 4 is 11.6 Å². The molecular weight excluding hydrogens is 232 g/mol. The van der Waals surface area contributed by atoms with Gasteiger partial charge in [0, 0.05) is 29.3 Å². The molecule has 0 bridgehead atoms. The van der Waals surface area contributed by atoms with E-state index in [1.807, 2.05) is 0 Å². The van der Waals surface area contributed by atoms with Crippen LogP contribution < -0.4 is 15.8 Å². The number of nitrogens with one attached hydrogen (secondary N) is 1. The zero-order valence-corrected chi connectivity index (χ0v) is 10.4. The van der Waals surface area contributed by atoms with Crippen LogP contribution in [-0.2, 0) is 0 Å². The Morgan fingerprint density at radius 1 is 1.50 bits per heavy atom. The number of aliphatic hydroxyl groups is 1. The second-order valence-electron chi connectivity index (χ2n) is 4.84. The molecule has 1 aliphatic rings. The number of aliphatic hydroxyl groups excluding tert-OH is 1. The molecule has 0 aromatic heterocycles. The third-order valence-electron chi connectivity index (χ3n) is 3.34. The molecule has 4 N–H and O–H groups in total. The fraction of sp³-hybridized carbons (Fsp3) is 0.462. The van der Waals surface area contributed by atoms with E-state index in [2.05, 4.69) is 5.32 Å². The number of rotatable bonds is 5. The lowest BCUT2D eigenvalue weighted by atomic mass is 10.1. The van der Waals surface area contributed by atoms with Crippen LogP contribution in [-0.4, -0.2) is 31.3 Å². The van der Waals surface area contributed by atoms with Gasteiger partial charge in [-0.3, -0.25) is 4.79 Å². The molecule has 0 aliphatic heterocycles. The van der Waals surface area contributed by atoms with E-state index in [1.165, 1.54) is 7.11 Å². The van der Waals surface area contributed by atoms with Crippen molar-refractivity contribution < 1.29 is 14.6 Å². The van der Waals surface area contributed by atoms with Crippen molar-refractivity contribution in [1.82, 2.24) is 5.32 Å². The van der Waals surface area contributed by atoms with Gasteiger partial charge in [0.15, 0.2) is 0 Å². The fourth-order valence-electron chi connectivity index (χ4n) is 1.81. The van der Waals surface area contributed by atoms with Gasteiger partial charge in [-0.1, -0.05) is 0 Å². The van der Waals surface area contributed by atoms with Crippen molar-refractivity contribution in [1.29, 1.82) is 0 Å². The number of benzene rings is 1. The quantitative estimate of drug-likeness (QED) is 0.674. The van der Waals surface area contributed by atoms with Gasteiger partial charge in [0.25, 0.3) is 5.91 Å². The molecule has 0 heterocycles. The van der Waals surface area contributed by atoms with Crippen LogP contribution in [0.3, 0.4) is 0 Å². The summed E-state index contributed by atoms with van der Waals surface area (Å²) in [5, 5.41) is 12.0. The van der Waals surface area contributed by atoms with Crippen molar-refractivity contribution in [3.8, 4) is 5.75 Å². The van der Waals surface area contributed by atoms with Crippen LogP contribution >= 0.6 is 0 Å². The lowest BCUT2D eigenvalue weighted by molar-refractivity contribution is 0.0935. The Bertz CT molecular complexity index is 456. The lowest BCUT2D eigenvalue weighted by Crippen LogP contribution is -2.31. The molecule has 0 radical (unpaired) electrons. The molecule has 1 aromatic carbocycles. The van der Waals surface area contributed by atoms with Gasteiger partial charge in [-0.05, 0) is 25.0 Å². The first-order valence-corrected chi connectivity index (χ1v) is 5.92. The number of hydrogen-bond donors (Lipinski definition) is 3. The maximum atomic E-state index is 12.0. The summed E-state index contributed by atoms with van der Waals surface area (Å²) in [6.45, 7) is 0.618. The lowest BCUT2D eigenvalue weighted by Gasteiger charge is -2.13. The van der Waals surface area contributed by atoms with Crippen LogP contribution in [0, 0.1) is 5.41 Å². The van der Waals surface area contributed by atoms with Crippen molar-refractivity contribution in [3.05, 3.63) is 23.8 Å². The van der Waals surface area contributed by atoms with Crippen LogP contribution in [0.1, 0.15) is 23.2 Å². The molecule has 1 saturated carbocycles. The van der Waals surface area contributed by atoms with Gasteiger partial charge in [0.2, 0.25) is 0 Å². The summed E-state index contributed by atoms with van der Waals surface area (Å²) in [6, 6.07) is 4.91. The summed E-state index contributed by atoms with van der Waals surface area (Å²) in [5.74, 6) is 0.365. The molecule has 0 atom stereocenters. The molecule has 0 unspecified atom stereocenters. The predicted octanol–water partition coefficient (Wildman–Crippen LogP) is 0.780. The maximum absolute atomic E-state index is 12.0. The van der Waals surface area contributed by atoms with Crippen LogP contribution in [0.25, 0.3) is 0 Å². The number of methoxy groups -OCH3 is 1. The smallest absolute Gasteiger partial charge is 0.251 e. The number of hydrogen-bond acceptors (Lipinski definition) is 4. The zero-order valence-electron chi connectivity index (χ0n) is 10.4. The molecule has 1 fully saturated rings. The van der Waals surface area contributed by atoms with E-state index >= 15 is 0 Å². The number of carbonyl (C=O) groups is 1. The molecule has 1 aromatic rings. The monoisotopic (exact) mass is 250 g/mol. The van der Waals surface area contributed by atoms with Crippen molar-refractivity contribution in [2.24, 2.45) is 5.41 Å². The molecule has 5 nitrogen and oxygen atoms in total. The highest BCUT2D eigenvalue weighted by Crippen LogP contribution is 2.44.